The van der Waals surface area contributed by atoms with Crippen LogP contribution in [0.5, 0.6) is 0 Å². The minimum absolute atomic E-state index is 0.215. The molecule has 1 aliphatic rings. The van der Waals surface area contributed by atoms with Gasteiger partial charge in [-0.2, -0.15) is 0 Å². The number of unbranched alkanes of at least 4 members (excludes halogenated alkanes) is 3. The standard InChI is InChI=1S/C15H24N2O5/c1-2-3-4-5-6-10-8-17(15(21)16-14(10)20)13-7-11(19)12(9-18)22-13/h8,11-13,18-19H,2-7,9H2,1H3,(H,16,20,21)/t11-,12-,13-/m0/s1. The van der Waals surface area contributed by atoms with E-state index in [2.05, 4.69) is 11.9 Å². The summed E-state index contributed by atoms with van der Waals surface area (Å²) in [6, 6.07) is 0. The number of hydrogen-bond acceptors (Lipinski definition) is 5. The fourth-order valence-corrected chi connectivity index (χ4v) is 2.71. The second-order valence-corrected chi connectivity index (χ2v) is 5.75. The summed E-state index contributed by atoms with van der Waals surface area (Å²) >= 11 is 0. The van der Waals surface area contributed by atoms with Gasteiger partial charge in [-0.05, 0) is 12.8 Å². The van der Waals surface area contributed by atoms with E-state index in [1.807, 2.05) is 0 Å². The number of ether oxygens (including phenoxy) is 1. The van der Waals surface area contributed by atoms with Crippen molar-refractivity contribution >= 4 is 0 Å². The Balaban J connectivity index is 2.15. The molecule has 0 unspecified atom stereocenters. The Morgan fingerprint density at radius 2 is 2.14 bits per heavy atom. The summed E-state index contributed by atoms with van der Waals surface area (Å²) < 4.78 is 6.77. The maximum absolute atomic E-state index is 11.9. The van der Waals surface area contributed by atoms with E-state index in [-0.39, 0.29) is 18.6 Å². The van der Waals surface area contributed by atoms with Crippen molar-refractivity contribution < 1.29 is 14.9 Å². The molecule has 1 aromatic heterocycles. The van der Waals surface area contributed by atoms with Gasteiger partial charge in [0.2, 0.25) is 0 Å². The molecule has 124 valence electrons. The van der Waals surface area contributed by atoms with Gasteiger partial charge in [0.15, 0.2) is 0 Å². The fourth-order valence-electron chi connectivity index (χ4n) is 2.71. The number of aliphatic hydroxyl groups excluding tert-OH is 2. The van der Waals surface area contributed by atoms with Gasteiger partial charge in [0.1, 0.15) is 12.3 Å². The van der Waals surface area contributed by atoms with Crippen LogP contribution in [0.15, 0.2) is 15.8 Å². The number of aryl methyl sites for hydroxylation is 1. The van der Waals surface area contributed by atoms with Gasteiger partial charge in [-0.1, -0.05) is 26.2 Å². The number of aromatic nitrogens is 2. The van der Waals surface area contributed by atoms with Gasteiger partial charge in [-0.3, -0.25) is 14.3 Å². The molecule has 0 aliphatic carbocycles. The summed E-state index contributed by atoms with van der Waals surface area (Å²) in [6.07, 6.45) is 4.33. The summed E-state index contributed by atoms with van der Waals surface area (Å²) in [5.41, 5.74) is -0.380. The van der Waals surface area contributed by atoms with Crippen molar-refractivity contribution in [2.45, 2.75) is 63.9 Å². The lowest BCUT2D eigenvalue weighted by molar-refractivity contribution is -0.0460. The summed E-state index contributed by atoms with van der Waals surface area (Å²) in [5.74, 6) is 0. The quantitative estimate of drug-likeness (QED) is 0.628. The van der Waals surface area contributed by atoms with E-state index >= 15 is 0 Å². The third kappa shape index (κ3) is 3.85. The molecule has 2 heterocycles. The SMILES string of the molecule is CCCCCCc1cn([C@@H]2C[C@H](O)[C@H](CO)O2)c(=O)[nH]c1=O. The van der Waals surface area contributed by atoms with Crippen LogP contribution < -0.4 is 11.2 Å². The van der Waals surface area contributed by atoms with Crippen molar-refractivity contribution in [2.24, 2.45) is 0 Å². The predicted molar refractivity (Wildman–Crippen MR) is 80.8 cm³/mol. The third-order valence-corrected chi connectivity index (χ3v) is 4.04. The first-order valence-electron chi connectivity index (χ1n) is 7.85. The number of H-pyrrole nitrogens is 1. The van der Waals surface area contributed by atoms with Crippen LogP contribution in [-0.4, -0.2) is 38.6 Å². The van der Waals surface area contributed by atoms with Gasteiger partial charge in [0.25, 0.3) is 5.56 Å². The predicted octanol–water partition coefficient (Wildman–Crippen LogP) is 0.300. The van der Waals surface area contributed by atoms with Gasteiger partial charge >= 0.3 is 5.69 Å². The summed E-state index contributed by atoms with van der Waals surface area (Å²) in [6.45, 7) is 1.81. The smallest absolute Gasteiger partial charge is 0.330 e. The van der Waals surface area contributed by atoms with Crippen molar-refractivity contribution in [3.05, 3.63) is 32.6 Å². The highest BCUT2D eigenvalue weighted by atomic mass is 16.5. The molecule has 1 saturated heterocycles. The van der Waals surface area contributed by atoms with Crippen LogP contribution in [0.1, 0.15) is 50.8 Å². The second kappa shape index (κ2) is 7.71. The first kappa shape index (κ1) is 16.9. The van der Waals surface area contributed by atoms with Crippen LogP contribution in [0.25, 0.3) is 0 Å². The van der Waals surface area contributed by atoms with Crippen LogP contribution in [-0.2, 0) is 11.2 Å². The molecule has 0 saturated carbocycles. The minimum atomic E-state index is -0.818. The van der Waals surface area contributed by atoms with E-state index in [9.17, 15) is 14.7 Å². The molecule has 22 heavy (non-hydrogen) atoms. The average molecular weight is 312 g/mol. The van der Waals surface area contributed by atoms with Crippen molar-refractivity contribution in [1.29, 1.82) is 0 Å². The molecule has 0 bridgehead atoms. The first-order valence-corrected chi connectivity index (χ1v) is 7.85. The van der Waals surface area contributed by atoms with Crippen LogP contribution in [0.3, 0.4) is 0 Å². The molecule has 1 aliphatic heterocycles. The molecule has 3 atom stereocenters. The number of nitrogens with zero attached hydrogens (tertiary/aromatic N) is 1. The highest BCUT2D eigenvalue weighted by molar-refractivity contribution is 5.05. The topological polar surface area (TPSA) is 105 Å². The van der Waals surface area contributed by atoms with Crippen molar-refractivity contribution in [2.75, 3.05) is 6.61 Å². The molecule has 0 amide bonds. The third-order valence-electron chi connectivity index (χ3n) is 4.04. The molecular weight excluding hydrogens is 288 g/mol. The molecular formula is C15H24N2O5. The first-order chi connectivity index (χ1) is 10.6. The maximum Gasteiger partial charge on any atom is 0.330 e. The Bertz CT molecular complexity index is 594. The molecule has 2 rings (SSSR count). The Labute approximate surface area is 128 Å². The molecule has 0 aromatic carbocycles. The van der Waals surface area contributed by atoms with Gasteiger partial charge in [-0.15, -0.1) is 0 Å². The average Bonchev–Trinajstić information content (AvgIpc) is 2.86. The number of nitrogens with one attached hydrogen (secondary N) is 1. The molecule has 1 fully saturated rings. The zero-order valence-corrected chi connectivity index (χ0v) is 12.8. The fraction of sp³-hybridized carbons (Fsp3) is 0.733. The number of hydrogen-bond donors (Lipinski definition) is 3. The van der Waals surface area contributed by atoms with Gasteiger partial charge < -0.3 is 14.9 Å². The minimum Gasteiger partial charge on any atom is -0.394 e. The zero-order chi connectivity index (χ0) is 16.1. The summed E-state index contributed by atoms with van der Waals surface area (Å²) in [7, 11) is 0. The lowest BCUT2D eigenvalue weighted by Crippen LogP contribution is -2.34. The Kier molecular flexibility index (Phi) is 5.93. The van der Waals surface area contributed by atoms with Crippen molar-refractivity contribution in [1.82, 2.24) is 9.55 Å². The monoisotopic (exact) mass is 312 g/mol. The number of aromatic amines is 1. The van der Waals surface area contributed by atoms with Crippen LogP contribution in [0, 0.1) is 0 Å². The van der Waals surface area contributed by atoms with E-state index in [4.69, 9.17) is 9.84 Å². The molecule has 0 radical (unpaired) electrons. The number of rotatable bonds is 7. The molecule has 1 aromatic rings. The zero-order valence-electron chi connectivity index (χ0n) is 12.8. The van der Waals surface area contributed by atoms with Gasteiger partial charge in [0.05, 0.1) is 12.7 Å². The van der Waals surface area contributed by atoms with E-state index in [1.165, 1.54) is 10.8 Å². The second-order valence-electron chi connectivity index (χ2n) is 5.75. The normalized spacial score (nSPS) is 24.8. The van der Waals surface area contributed by atoms with Crippen LogP contribution in [0.4, 0.5) is 0 Å². The van der Waals surface area contributed by atoms with Crippen molar-refractivity contribution in [3.8, 4) is 0 Å². The van der Waals surface area contributed by atoms with E-state index in [0.717, 1.165) is 25.7 Å². The van der Waals surface area contributed by atoms with Crippen LogP contribution in [0.2, 0.25) is 0 Å². The number of aliphatic hydroxyl groups is 2. The maximum atomic E-state index is 11.9. The highest BCUT2D eigenvalue weighted by Gasteiger charge is 2.35. The Morgan fingerprint density at radius 1 is 1.36 bits per heavy atom. The van der Waals surface area contributed by atoms with E-state index in [0.29, 0.717) is 12.0 Å². The van der Waals surface area contributed by atoms with E-state index < -0.39 is 24.1 Å². The lowest BCUT2D eigenvalue weighted by atomic mass is 10.1. The lowest BCUT2D eigenvalue weighted by Gasteiger charge is -2.15. The summed E-state index contributed by atoms with van der Waals surface area (Å²) in [4.78, 5) is 26.1. The van der Waals surface area contributed by atoms with Gasteiger partial charge in [0, 0.05) is 18.2 Å². The molecule has 7 heteroatoms. The molecule has 7 nitrogen and oxygen atoms in total. The largest absolute Gasteiger partial charge is 0.394 e. The van der Waals surface area contributed by atoms with Crippen molar-refractivity contribution in [3.63, 3.8) is 0 Å². The Morgan fingerprint density at radius 3 is 2.77 bits per heavy atom. The molecule has 0 spiro atoms. The van der Waals surface area contributed by atoms with Gasteiger partial charge in [-0.25, -0.2) is 4.79 Å². The highest BCUT2D eigenvalue weighted by Crippen LogP contribution is 2.27. The van der Waals surface area contributed by atoms with Crippen LogP contribution >= 0.6 is 0 Å². The van der Waals surface area contributed by atoms with E-state index in [1.54, 1.807) is 0 Å². The molecule has 3 N–H and O–H groups in total. The summed E-state index contributed by atoms with van der Waals surface area (Å²) in [5, 5.41) is 18.9. The Hall–Kier alpha value is -1.44.